The molecule has 0 bridgehead atoms. The van der Waals surface area contributed by atoms with Crippen LogP contribution in [0.5, 0.6) is 0 Å². The van der Waals surface area contributed by atoms with Crippen LogP contribution in [0.2, 0.25) is 0 Å². The van der Waals surface area contributed by atoms with Gasteiger partial charge in [-0.15, -0.1) is 0 Å². The fraction of sp³-hybridized carbons (Fsp3) is 0.500. The standard InChI is InChI=1S/C16H19NO3/c18-14-10-4-2-1-3-8-12(14)16(20)11-7-5-6-9-13(11)17-15(16)19/h5-7,9,12,20H,1-4,8,10H2,(H,17,19)/t12-,16+/m1/s1. The summed E-state index contributed by atoms with van der Waals surface area (Å²) in [5, 5.41) is 13.7. The molecule has 0 unspecified atom stereocenters. The first kappa shape index (κ1) is 13.3. The van der Waals surface area contributed by atoms with E-state index in [0.717, 1.165) is 25.7 Å². The largest absolute Gasteiger partial charge is 0.375 e. The van der Waals surface area contributed by atoms with E-state index in [0.29, 0.717) is 24.1 Å². The van der Waals surface area contributed by atoms with E-state index in [1.165, 1.54) is 0 Å². The minimum Gasteiger partial charge on any atom is -0.375 e. The molecule has 0 spiro atoms. The van der Waals surface area contributed by atoms with Gasteiger partial charge in [-0.2, -0.15) is 0 Å². The molecule has 1 heterocycles. The highest BCUT2D eigenvalue weighted by Crippen LogP contribution is 2.44. The maximum atomic E-state index is 12.4. The average molecular weight is 273 g/mol. The van der Waals surface area contributed by atoms with E-state index in [9.17, 15) is 14.7 Å². The molecule has 4 heteroatoms. The Morgan fingerprint density at radius 3 is 2.70 bits per heavy atom. The molecule has 1 saturated carbocycles. The lowest BCUT2D eigenvalue weighted by atomic mass is 9.74. The summed E-state index contributed by atoms with van der Waals surface area (Å²) in [6, 6.07) is 7.10. The fourth-order valence-electron chi connectivity index (χ4n) is 3.39. The lowest BCUT2D eigenvalue weighted by Crippen LogP contribution is -2.45. The van der Waals surface area contributed by atoms with Crippen LogP contribution >= 0.6 is 0 Å². The summed E-state index contributed by atoms with van der Waals surface area (Å²) in [4.78, 5) is 24.7. The Morgan fingerprint density at radius 2 is 1.85 bits per heavy atom. The number of fused-ring (bicyclic) bond motifs is 1. The molecule has 1 aliphatic heterocycles. The van der Waals surface area contributed by atoms with E-state index in [1.54, 1.807) is 18.2 Å². The third kappa shape index (κ3) is 1.95. The number of carbonyl (C=O) groups excluding carboxylic acids is 2. The number of hydrogen-bond donors (Lipinski definition) is 2. The van der Waals surface area contributed by atoms with Gasteiger partial charge in [0.2, 0.25) is 0 Å². The third-order valence-corrected chi connectivity index (χ3v) is 4.49. The smallest absolute Gasteiger partial charge is 0.261 e. The average Bonchev–Trinajstić information content (AvgIpc) is 2.67. The number of Topliss-reactive ketones (excluding diaryl/α,β-unsaturated/α-hetero) is 1. The fourth-order valence-corrected chi connectivity index (χ4v) is 3.39. The number of ketones is 1. The van der Waals surface area contributed by atoms with Crippen LogP contribution in [0.3, 0.4) is 0 Å². The van der Waals surface area contributed by atoms with Crippen molar-refractivity contribution in [3.63, 3.8) is 0 Å². The molecule has 20 heavy (non-hydrogen) atoms. The Hall–Kier alpha value is -1.68. The lowest BCUT2D eigenvalue weighted by molar-refractivity contribution is -0.149. The van der Waals surface area contributed by atoms with E-state index in [2.05, 4.69) is 5.32 Å². The van der Waals surface area contributed by atoms with E-state index < -0.39 is 17.4 Å². The molecular weight excluding hydrogens is 254 g/mol. The topological polar surface area (TPSA) is 66.4 Å². The molecule has 0 radical (unpaired) electrons. The van der Waals surface area contributed by atoms with Crippen LogP contribution in [0.4, 0.5) is 5.69 Å². The maximum absolute atomic E-state index is 12.4. The van der Waals surface area contributed by atoms with Gasteiger partial charge in [0.25, 0.3) is 5.91 Å². The summed E-state index contributed by atoms with van der Waals surface area (Å²) in [7, 11) is 0. The SMILES string of the molecule is O=C1CCCCCC[C@H]1[C@]1(O)C(=O)Nc2ccccc21. The van der Waals surface area contributed by atoms with Crippen molar-refractivity contribution in [2.24, 2.45) is 5.92 Å². The van der Waals surface area contributed by atoms with E-state index in [4.69, 9.17) is 0 Å². The molecule has 1 aromatic rings. The number of benzene rings is 1. The van der Waals surface area contributed by atoms with Crippen molar-refractivity contribution >= 4 is 17.4 Å². The Balaban J connectivity index is 2.01. The number of anilines is 1. The van der Waals surface area contributed by atoms with Crippen LogP contribution in [0.15, 0.2) is 24.3 Å². The molecule has 0 saturated heterocycles. The number of hydrogen-bond acceptors (Lipinski definition) is 3. The molecule has 1 aliphatic carbocycles. The number of aliphatic hydroxyl groups is 1. The van der Waals surface area contributed by atoms with Gasteiger partial charge in [-0.05, 0) is 18.9 Å². The predicted molar refractivity (Wildman–Crippen MR) is 75.2 cm³/mol. The predicted octanol–water partition coefficient (Wildman–Crippen LogP) is 2.37. The van der Waals surface area contributed by atoms with Gasteiger partial charge in [0, 0.05) is 17.7 Å². The lowest BCUT2D eigenvalue weighted by Gasteiger charge is -2.31. The Morgan fingerprint density at radius 1 is 1.10 bits per heavy atom. The van der Waals surface area contributed by atoms with Crippen molar-refractivity contribution in [1.29, 1.82) is 0 Å². The first-order valence-corrected chi connectivity index (χ1v) is 7.30. The molecule has 3 rings (SSSR count). The summed E-state index contributed by atoms with van der Waals surface area (Å²) < 4.78 is 0. The Bertz CT molecular complexity index is 554. The summed E-state index contributed by atoms with van der Waals surface area (Å²) >= 11 is 0. The zero-order valence-electron chi connectivity index (χ0n) is 11.4. The second-order valence-electron chi connectivity index (χ2n) is 5.74. The summed E-state index contributed by atoms with van der Waals surface area (Å²) in [6.45, 7) is 0. The number of para-hydroxylation sites is 1. The normalized spacial score (nSPS) is 30.4. The van der Waals surface area contributed by atoms with Gasteiger partial charge in [-0.1, -0.05) is 37.5 Å². The highest BCUT2D eigenvalue weighted by molar-refractivity contribution is 6.07. The summed E-state index contributed by atoms with van der Waals surface area (Å²) in [5.74, 6) is -1.07. The molecule has 4 nitrogen and oxygen atoms in total. The van der Waals surface area contributed by atoms with E-state index in [-0.39, 0.29) is 5.78 Å². The summed E-state index contributed by atoms with van der Waals surface area (Å²) in [6.07, 6.45) is 4.89. The molecular formula is C16H19NO3. The molecule has 2 aliphatic rings. The maximum Gasteiger partial charge on any atom is 0.261 e. The first-order valence-electron chi connectivity index (χ1n) is 7.30. The van der Waals surface area contributed by atoms with Gasteiger partial charge in [0.05, 0.1) is 5.92 Å². The van der Waals surface area contributed by atoms with Crippen molar-refractivity contribution < 1.29 is 14.7 Å². The van der Waals surface area contributed by atoms with Crippen molar-refractivity contribution in [3.05, 3.63) is 29.8 Å². The number of rotatable bonds is 1. The van der Waals surface area contributed by atoms with E-state index >= 15 is 0 Å². The molecule has 106 valence electrons. The van der Waals surface area contributed by atoms with Crippen LogP contribution in [0, 0.1) is 5.92 Å². The minimum atomic E-state index is -1.69. The molecule has 0 aromatic heterocycles. The number of amides is 1. The highest BCUT2D eigenvalue weighted by Gasteiger charge is 2.53. The Kier molecular flexibility index (Phi) is 3.34. The van der Waals surface area contributed by atoms with Gasteiger partial charge in [-0.3, -0.25) is 9.59 Å². The van der Waals surface area contributed by atoms with Crippen molar-refractivity contribution in [2.45, 2.75) is 44.1 Å². The number of carbonyl (C=O) groups is 2. The molecule has 1 aromatic carbocycles. The molecule has 1 amide bonds. The summed E-state index contributed by atoms with van der Waals surface area (Å²) in [5.41, 5.74) is -0.524. The van der Waals surface area contributed by atoms with Gasteiger partial charge in [0.1, 0.15) is 5.78 Å². The van der Waals surface area contributed by atoms with Crippen molar-refractivity contribution in [3.8, 4) is 0 Å². The second kappa shape index (κ2) is 5.02. The van der Waals surface area contributed by atoms with Crippen LogP contribution in [0.1, 0.15) is 44.1 Å². The van der Waals surface area contributed by atoms with Gasteiger partial charge in [0.15, 0.2) is 5.60 Å². The highest BCUT2D eigenvalue weighted by atomic mass is 16.3. The van der Waals surface area contributed by atoms with Gasteiger partial charge in [-0.25, -0.2) is 0 Å². The van der Waals surface area contributed by atoms with Gasteiger partial charge < -0.3 is 10.4 Å². The third-order valence-electron chi connectivity index (χ3n) is 4.49. The van der Waals surface area contributed by atoms with Crippen molar-refractivity contribution in [2.75, 3.05) is 5.32 Å². The van der Waals surface area contributed by atoms with Gasteiger partial charge >= 0.3 is 0 Å². The molecule has 1 fully saturated rings. The van der Waals surface area contributed by atoms with E-state index in [1.807, 2.05) is 6.07 Å². The monoisotopic (exact) mass is 273 g/mol. The van der Waals surface area contributed by atoms with Crippen LogP contribution in [-0.2, 0) is 15.2 Å². The zero-order chi connectivity index (χ0) is 14.2. The Labute approximate surface area is 118 Å². The van der Waals surface area contributed by atoms with Crippen molar-refractivity contribution in [1.82, 2.24) is 0 Å². The minimum absolute atomic E-state index is 0.0130. The quantitative estimate of drug-likeness (QED) is 0.825. The van der Waals surface area contributed by atoms with Crippen LogP contribution in [0.25, 0.3) is 0 Å². The molecule has 2 atom stereocenters. The van der Waals surface area contributed by atoms with Crippen LogP contribution in [-0.4, -0.2) is 16.8 Å². The second-order valence-corrected chi connectivity index (χ2v) is 5.74. The first-order chi connectivity index (χ1) is 9.64. The zero-order valence-corrected chi connectivity index (χ0v) is 11.4. The number of nitrogens with one attached hydrogen (secondary N) is 1. The molecule has 2 N–H and O–H groups in total. The van der Waals surface area contributed by atoms with Crippen LogP contribution < -0.4 is 5.32 Å².